The van der Waals surface area contributed by atoms with Crippen LogP contribution in [0.1, 0.15) is 7.79 Å². The molecule has 1 aliphatic heterocycles. The van der Waals surface area contributed by atoms with Crippen molar-refractivity contribution in [3.05, 3.63) is 0 Å². The lowest BCUT2D eigenvalue weighted by atomic mass is 10.5. The monoisotopic (exact) mass is 100 g/mol. The van der Waals surface area contributed by atoms with E-state index >= 15 is 0 Å². The minimum Gasteiger partial charge on any atom is -0.379 e. The van der Waals surface area contributed by atoms with Crippen LogP contribution in [0, 0.1) is 0 Å². The third-order valence-electron chi connectivity index (χ3n) is 0.792. The van der Waals surface area contributed by atoms with E-state index in [-0.39, 0.29) is 0 Å². The number of rotatable bonds is 0. The quantitative estimate of drug-likeness (QED) is 0.434. The van der Waals surface area contributed by atoms with Crippen LogP contribution in [0.4, 0.5) is 0 Å². The number of aliphatic imine (C=N–C) groups is 1. The normalized spacial score (nSPS) is 34.3. The van der Waals surface area contributed by atoms with Gasteiger partial charge in [0.1, 0.15) is 0 Å². The molecule has 0 aromatic rings. The Kier molecular flexibility index (Phi) is 1.42. The third kappa shape index (κ3) is 1.69. The maximum atomic E-state index is 7.08. The van der Waals surface area contributed by atoms with E-state index in [4.69, 9.17) is 6.11 Å². The number of hydrogen-bond donors (Lipinski definition) is 0. The average Bonchev–Trinajstić information content (AvgIpc) is 1.94. The van der Waals surface area contributed by atoms with Crippen LogP contribution in [0.3, 0.4) is 0 Å². The molecule has 1 aliphatic rings. The molecule has 2 heteroatoms. The van der Waals surface area contributed by atoms with Crippen LogP contribution in [0.5, 0.6) is 0 Å². The summed E-state index contributed by atoms with van der Waals surface area (Å²) >= 11 is 0. The summed E-state index contributed by atoms with van der Waals surface area (Å²) in [6.45, 7) is 0.728. The number of ether oxygens (including phenoxy) is 1. The molecule has 0 saturated heterocycles. The Morgan fingerprint density at radius 3 is 3.86 bits per heavy atom. The zero-order valence-electron chi connectivity index (χ0n) is 5.13. The van der Waals surface area contributed by atoms with E-state index in [1.165, 1.54) is 0 Å². The van der Waals surface area contributed by atoms with Gasteiger partial charge in [0, 0.05) is 12.6 Å². The van der Waals surface area contributed by atoms with Crippen molar-refractivity contribution >= 4 is 6.21 Å². The van der Waals surface area contributed by atoms with Crippen molar-refractivity contribution in [3.63, 3.8) is 0 Å². The van der Waals surface area contributed by atoms with Crippen molar-refractivity contribution < 1.29 is 6.11 Å². The second kappa shape index (κ2) is 2.75. The van der Waals surface area contributed by atoms with Crippen LogP contribution in [-0.2, 0) is 4.74 Å². The van der Waals surface area contributed by atoms with E-state index in [2.05, 4.69) is 4.99 Å². The summed E-state index contributed by atoms with van der Waals surface area (Å²) in [5, 5.41) is 0. The van der Waals surface area contributed by atoms with Gasteiger partial charge in [-0.1, -0.05) is 0 Å². The fraction of sp³-hybridized carbons (Fsp3) is 0.800. The molecular formula is C5H9NO. The predicted molar refractivity (Wildman–Crippen MR) is 28.8 cm³/mol. The lowest BCUT2D eigenvalue weighted by molar-refractivity contribution is 0.154. The zero-order valence-corrected chi connectivity index (χ0v) is 4.13. The Morgan fingerprint density at radius 2 is 2.86 bits per heavy atom. The Balaban J connectivity index is 2.30. The van der Waals surface area contributed by atoms with Crippen molar-refractivity contribution in [3.8, 4) is 0 Å². The molecule has 0 N–H and O–H groups in total. The van der Waals surface area contributed by atoms with Gasteiger partial charge in [0.25, 0.3) is 0 Å². The van der Waals surface area contributed by atoms with Gasteiger partial charge in [-0.3, -0.25) is 4.99 Å². The van der Waals surface area contributed by atoms with Crippen LogP contribution in [0.25, 0.3) is 0 Å². The van der Waals surface area contributed by atoms with E-state index in [1.807, 2.05) is 6.21 Å². The van der Waals surface area contributed by atoms with Gasteiger partial charge in [-0.15, -0.1) is 0 Å². The molecule has 1 heterocycles. The van der Waals surface area contributed by atoms with Crippen LogP contribution in [0.2, 0.25) is 0 Å². The van der Waals surface area contributed by atoms with E-state index < -0.39 is 6.58 Å². The molecule has 0 bridgehead atoms. The van der Waals surface area contributed by atoms with Crippen LogP contribution >= 0.6 is 0 Å². The van der Waals surface area contributed by atoms with Gasteiger partial charge in [-0.2, -0.15) is 0 Å². The molecule has 0 fully saturated rings. The summed E-state index contributed by atoms with van der Waals surface area (Å²) < 4.78 is 12.0. The van der Waals surface area contributed by atoms with Gasteiger partial charge in [0.15, 0.2) is 0 Å². The van der Waals surface area contributed by atoms with E-state index in [1.54, 1.807) is 0 Å². The molecule has 0 aromatic heterocycles. The Morgan fingerprint density at radius 1 is 1.86 bits per heavy atom. The van der Waals surface area contributed by atoms with Gasteiger partial charge in [0.2, 0.25) is 0 Å². The van der Waals surface area contributed by atoms with Crippen LogP contribution < -0.4 is 0 Å². The molecule has 0 amide bonds. The highest BCUT2D eigenvalue weighted by Gasteiger charge is 1.88. The number of nitrogens with zero attached hydrogens (tertiary/aromatic N) is 1. The van der Waals surface area contributed by atoms with Crippen LogP contribution in [-0.4, -0.2) is 25.9 Å². The molecular weight excluding hydrogens is 90.1 g/mol. The summed E-state index contributed by atoms with van der Waals surface area (Å²) in [6, 6.07) is 0. The molecule has 1 unspecified atom stereocenters. The molecule has 0 saturated carbocycles. The van der Waals surface area contributed by atoms with Crippen molar-refractivity contribution in [2.24, 2.45) is 4.99 Å². The van der Waals surface area contributed by atoms with Gasteiger partial charge in [0.05, 0.1) is 21.1 Å². The summed E-state index contributed by atoms with van der Waals surface area (Å²) in [5.74, 6) is 0. The minimum atomic E-state index is -0.422. The molecule has 1 rings (SSSR count). The minimum absolute atomic E-state index is 0.422. The van der Waals surface area contributed by atoms with Crippen molar-refractivity contribution in [2.75, 3.05) is 19.7 Å². The second-order valence-corrected chi connectivity index (χ2v) is 1.37. The lowest BCUT2D eigenvalue weighted by Gasteiger charge is -1.90. The lowest BCUT2D eigenvalue weighted by Crippen LogP contribution is -1.94. The first-order chi connectivity index (χ1) is 3.89. The third-order valence-corrected chi connectivity index (χ3v) is 0.792. The topological polar surface area (TPSA) is 21.6 Å². The molecule has 2 nitrogen and oxygen atoms in total. The highest BCUT2D eigenvalue weighted by Crippen LogP contribution is 1.85. The van der Waals surface area contributed by atoms with Gasteiger partial charge in [-0.25, -0.2) is 0 Å². The maximum absolute atomic E-state index is 7.08. The molecule has 0 radical (unpaired) electrons. The summed E-state index contributed by atoms with van der Waals surface area (Å²) in [7, 11) is 0. The van der Waals surface area contributed by atoms with Crippen LogP contribution in [0.15, 0.2) is 4.99 Å². The molecule has 0 spiro atoms. The second-order valence-electron chi connectivity index (χ2n) is 1.37. The smallest absolute Gasteiger partial charge is 0.0661 e. The van der Waals surface area contributed by atoms with Crippen molar-refractivity contribution in [1.82, 2.24) is 0 Å². The molecule has 0 aliphatic carbocycles. The van der Waals surface area contributed by atoms with E-state index in [9.17, 15) is 0 Å². The maximum Gasteiger partial charge on any atom is 0.0661 e. The Bertz CT molecular complexity index is 94.4. The first-order valence-corrected chi connectivity index (χ1v) is 2.42. The van der Waals surface area contributed by atoms with Gasteiger partial charge in [-0.05, 0) is 0 Å². The Hall–Kier alpha value is -0.370. The van der Waals surface area contributed by atoms with Gasteiger partial charge < -0.3 is 4.74 Å². The molecule has 0 aromatic carbocycles. The van der Waals surface area contributed by atoms with Crippen molar-refractivity contribution in [1.29, 1.82) is 0 Å². The molecule has 40 valence electrons. The SMILES string of the molecule is [2H]C1CN=CCCO1. The summed E-state index contributed by atoms with van der Waals surface area (Å²) in [6.07, 6.45) is 2.67. The first kappa shape index (κ1) is 3.61. The standard InChI is InChI=1S/C5H9NO/c1-2-6-3-5-7-4-1/h2H,1,3-5H2/i5D. The van der Waals surface area contributed by atoms with Gasteiger partial charge >= 0.3 is 0 Å². The molecule has 1 atom stereocenters. The average molecular weight is 100 g/mol. The summed E-state index contributed by atoms with van der Waals surface area (Å²) in [5.41, 5.74) is 0. The number of hydrogen-bond acceptors (Lipinski definition) is 2. The zero-order chi connectivity index (χ0) is 5.82. The molecule has 7 heavy (non-hydrogen) atoms. The highest BCUT2D eigenvalue weighted by molar-refractivity contribution is 5.57. The van der Waals surface area contributed by atoms with E-state index in [0.29, 0.717) is 13.2 Å². The Labute approximate surface area is 44.6 Å². The fourth-order valence-electron chi connectivity index (χ4n) is 0.466. The first-order valence-electron chi connectivity index (χ1n) is 2.99. The highest BCUT2D eigenvalue weighted by atomic mass is 16.5. The largest absolute Gasteiger partial charge is 0.379 e. The summed E-state index contributed by atoms with van der Waals surface area (Å²) in [4.78, 5) is 3.91. The van der Waals surface area contributed by atoms with Crippen molar-refractivity contribution in [2.45, 2.75) is 6.42 Å². The fourth-order valence-corrected chi connectivity index (χ4v) is 0.466. The predicted octanol–water partition coefficient (Wildman–Crippen LogP) is 0.478. The van der Waals surface area contributed by atoms with E-state index in [0.717, 1.165) is 6.42 Å².